The van der Waals surface area contributed by atoms with Crippen molar-refractivity contribution in [2.24, 2.45) is 0 Å². The van der Waals surface area contributed by atoms with Crippen LogP contribution in [0.4, 0.5) is 5.13 Å². The number of aliphatic hydroxyl groups excluding tert-OH is 1. The van der Waals surface area contributed by atoms with E-state index in [1.54, 1.807) is 17.5 Å². The lowest BCUT2D eigenvalue weighted by molar-refractivity contribution is 0.285. The summed E-state index contributed by atoms with van der Waals surface area (Å²) in [7, 11) is 1.98. The van der Waals surface area contributed by atoms with E-state index in [-0.39, 0.29) is 6.61 Å². The summed E-state index contributed by atoms with van der Waals surface area (Å²) < 4.78 is 0. The summed E-state index contributed by atoms with van der Waals surface area (Å²) >= 11 is 3.16. The van der Waals surface area contributed by atoms with Crippen LogP contribution in [0.15, 0.2) is 11.6 Å². The Hall–Kier alpha value is -0.980. The first-order valence-corrected chi connectivity index (χ1v) is 6.56. The predicted molar refractivity (Wildman–Crippen MR) is 67.0 cm³/mol. The van der Waals surface area contributed by atoms with E-state index in [9.17, 15) is 0 Å². The highest BCUT2D eigenvalue weighted by molar-refractivity contribution is 7.15. The minimum absolute atomic E-state index is 0.0569. The maximum absolute atomic E-state index is 8.97. The fourth-order valence-corrected chi connectivity index (χ4v) is 2.67. The van der Waals surface area contributed by atoms with Gasteiger partial charge in [-0.15, -0.1) is 11.3 Å². The largest absolute Gasteiger partial charge is 0.391 e. The zero-order chi connectivity index (χ0) is 11.5. The minimum Gasteiger partial charge on any atom is -0.391 e. The molecule has 0 amide bonds. The number of aromatic nitrogens is 2. The van der Waals surface area contributed by atoms with Crippen molar-refractivity contribution in [3.63, 3.8) is 0 Å². The first-order valence-electron chi connectivity index (χ1n) is 4.86. The Labute approximate surface area is 102 Å². The van der Waals surface area contributed by atoms with Gasteiger partial charge >= 0.3 is 0 Å². The summed E-state index contributed by atoms with van der Waals surface area (Å²) in [6.45, 7) is 2.81. The Bertz CT molecular complexity index is 466. The quantitative estimate of drug-likeness (QED) is 0.908. The second kappa shape index (κ2) is 4.90. The van der Waals surface area contributed by atoms with Crippen molar-refractivity contribution in [2.75, 3.05) is 11.9 Å². The second-order valence-electron chi connectivity index (χ2n) is 3.48. The molecule has 16 heavy (non-hydrogen) atoms. The summed E-state index contributed by atoms with van der Waals surface area (Å²) in [5.41, 5.74) is 1.06. The minimum atomic E-state index is 0.0569. The molecule has 0 atom stereocenters. The van der Waals surface area contributed by atoms with Crippen LogP contribution in [0.2, 0.25) is 0 Å². The van der Waals surface area contributed by atoms with Gasteiger partial charge in [0, 0.05) is 18.6 Å². The van der Waals surface area contributed by atoms with Crippen LogP contribution in [-0.4, -0.2) is 22.1 Å². The van der Waals surface area contributed by atoms with Crippen LogP contribution >= 0.6 is 22.7 Å². The molecule has 0 aliphatic rings. The normalized spacial score (nSPS) is 10.7. The number of anilines is 1. The van der Waals surface area contributed by atoms with Gasteiger partial charge in [0.15, 0.2) is 5.13 Å². The first-order chi connectivity index (χ1) is 7.69. The van der Waals surface area contributed by atoms with Gasteiger partial charge in [0.1, 0.15) is 0 Å². The maximum Gasteiger partial charge on any atom is 0.185 e. The number of rotatable bonds is 4. The molecular formula is C10H13N3OS2. The van der Waals surface area contributed by atoms with Crippen molar-refractivity contribution >= 4 is 27.8 Å². The molecule has 6 heteroatoms. The summed E-state index contributed by atoms with van der Waals surface area (Å²) in [6.07, 6.45) is 1.71. The number of hydrogen-bond donors (Lipinski definition) is 1. The molecule has 86 valence electrons. The second-order valence-corrected chi connectivity index (χ2v) is 5.64. The van der Waals surface area contributed by atoms with Crippen molar-refractivity contribution in [3.8, 4) is 0 Å². The van der Waals surface area contributed by atoms with Crippen molar-refractivity contribution in [2.45, 2.75) is 20.1 Å². The van der Waals surface area contributed by atoms with Gasteiger partial charge in [-0.2, -0.15) is 0 Å². The van der Waals surface area contributed by atoms with E-state index in [4.69, 9.17) is 5.11 Å². The Morgan fingerprint density at radius 1 is 1.50 bits per heavy atom. The van der Waals surface area contributed by atoms with Crippen LogP contribution in [0, 0.1) is 6.92 Å². The lowest BCUT2D eigenvalue weighted by Gasteiger charge is -2.13. The molecule has 0 saturated heterocycles. The van der Waals surface area contributed by atoms with Gasteiger partial charge < -0.3 is 10.0 Å². The highest BCUT2D eigenvalue weighted by Gasteiger charge is 2.08. The number of hydrogen-bond acceptors (Lipinski definition) is 6. The molecule has 1 N–H and O–H groups in total. The maximum atomic E-state index is 8.97. The Kier molecular flexibility index (Phi) is 3.52. The number of aliphatic hydroxyl groups is 1. The molecule has 0 aliphatic carbocycles. The number of thiazole rings is 2. The van der Waals surface area contributed by atoms with Gasteiger partial charge in [0.05, 0.1) is 28.7 Å². The Balaban J connectivity index is 2.05. The molecule has 2 aromatic heterocycles. The van der Waals surface area contributed by atoms with Gasteiger partial charge in [0.25, 0.3) is 0 Å². The summed E-state index contributed by atoms with van der Waals surface area (Å²) in [5, 5.41) is 13.0. The Morgan fingerprint density at radius 3 is 2.88 bits per heavy atom. The zero-order valence-corrected chi connectivity index (χ0v) is 10.8. The average Bonchev–Trinajstić information content (AvgIpc) is 2.87. The third-order valence-corrected chi connectivity index (χ3v) is 4.01. The van der Waals surface area contributed by atoms with Crippen LogP contribution < -0.4 is 4.90 Å². The lowest BCUT2D eigenvalue weighted by atomic mass is 10.4. The van der Waals surface area contributed by atoms with Gasteiger partial charge in [-0.3, -0.25) is 0 Å². The van der Waals surface area contributed by atoms with Crippen LogP contribution in [0.25, 0.3) is 0 Å². The molecule has 0 unspecified atom stereocenters. The van der Waals surface area contributed by atoms with E-state index in [1.807, 2.05) is 18.9 Å². The molecule has 2 aromatic rings. The highest BCUT2D eigenvalue weighted by Crippen LogP contribution is 2.23. The third kappa shape index (κ3) is 2.58. The van der Waals surface area contributed by atoms with Crippen LogP contribution in [0.3, 0.4) is 0 Å². The van der Waals surface area contributed by atoms with Crippen molar-refractivity contribution in [1.82, 2.24) is 9.97 Å². The molecule has 0 aliphatic heterocycles. The van der Waals surface area contributed by atoms with Gasteiger partial charge in [0.2, 0.25) is 0 Å². The molecule has 4 nitrogen and oxygen atoms in total. The van der Waals surface area contributed by atoms with Crippen molar-refractivity contribution in [3.05, 3.63) is 27.2 Å². The van der Waals surface area contributed by atoms with E-state index >= 15 is 0 Å². The molecule has 2 rings (SSSR count). The predicted octanol–water partition coefficient (Wildman–Crippen LogP) is 2.04. The van der Waals surface area contributed by atoms with E-state index in [1.165, 1.54) is 11.3 Å². The molecular weight excluding hydrogens is 242 g/mol. The van der Waals surface area contributed by atoms with E-state index in [0.29, 0.717) is 0 Å². The Morgan fingerprint density at radius 2 is 2.31 bits per heavy atom. The fourth-order valence-electron chi connectivity index (χ4n) is 1.34. The molecule has 0 bridgehead atoms. The van der Waals surface area contributed by atoms with Crippen molar-refractivity contribution < 1.29 is 5.11 Å². The van der Waals surface area contributed by atoms with Crippen LogP contribution in [0.1, 0.15) is 15.6 Å². The van der Waals surface area contributed by atoms with Gasteiger partial charge in [-0.25, -0.2) is 9.97 Å². The molecule has 0 fully saturated rings. The zero-order valence-electron chi connectivity index (χ0n) is 9.17. The van der Waals surface area contributed by atoms with Crippen LogP contribution in [-0.2, 0) is 13.2 Å². The molecule has 2 heterocycles. The molecule has 0 spiro atoms. The van der Waals surface area contributed by atoms with E-state index < -0.39 is 0 Å². The van der Waals surface area contributed by atoms with E-state index in [0.717, 1.165) is 27.3 Å². The third-order valence-electron chi connectivity index (χ3n) is 2.09. The molecule has 0 saturated carbocycles. The fraction of sp³-hybridized carbons (Fsp3) is 0.400. The molecule has 0 aromatic carbocycles. The van der Waals surface area contributed by atoms with E-state index in [2.05, 4.69) is 15.3 Å². The standard InChI is InChI=1S/C10H13N3OS2/c1-7-12-8(6-15-7)4-13(2)10-11-3-9(5-14)16-10/h3,6,14H,4-5H2,1-2H3. The smallest absolute Gasteiger partial charge is 0.185 e. The SMILES string of the molecule is Cc1nc(CN(C)c2ncc(CO)s2)cs1. The molecule has 0 radical (unpaired) electrons. The monoisotopic (exact) mass is 255 g/mol. The van der Waals surface area contributed by atoms with Crippen LogP contribution in [0.5, 0.6) is 0 Å². The van der Waals surface area contributed by atoms with Gasteiger partial charge in [-0.05, 0) is 6.92 Å². The van der Waals surface area contributed by atoms with Crippen molar-refractivity contribution in [1.29, 1.82) is 0 Å². The topological polar surface area (TPSA) is 49.2 Å². The lowest BCUT2D eigenvalue weighted by Crippen LogP contribution is -2.16. The number of aryl methyl sites for hydroxylation is 1. The number of nitrogens with zero attached hydrogens (tertiary/aromatic N) is 3. The first kappa shape index (κ1) is 11.5. The summed E-state index contributed by atoms with van der Waals surface area (Å²) in [4.78, 5) is 11.6. The van der Waals surface area contributed by atoms with Gasteiger partial charge in [-0.1, -0.05) is 11.3 Å². The summed E-state index contributed by atoms with van der Waals surface area (Å²) in [5.74, 6) is 0. The average molecular weight is 255 g/mol. The summed E-state index contributed by atoms with van der Waals surface area (Å²) in [6, 6.07) is 0. The highest BCUT2D eigenvalue weighted by atomic mass is 32.1.